The molecule has 1 amide bonds. The standard InChI is InChI=1S/C20H17NO4/c22-20(18-13-23-10-11-24-18)21-19(14-6-2-1-3-7-14)17-12-15-8-4-5-9-16(15)25-17/h1-9,12-13,19H,10-11H2,(H,21,22)/t19-/m0/s1. The van der Waals surface area contributed by atoms with Gasteiger partial charge in [0, 0.05) is 5.39 Å². The molecule has 5 nitrogen and oxygen atoms in total. The van der Waals surface area contributed by atoms with Crippen LogP contribution in [0.4, 0.5) is 0 Å². The van der Waals surface area contributed by atoms with Crippen molar-refractivity contribution in [3.05, 3.63) is 84.0 Å². The van der Waals surface area contributed by atoms with E-state index in [0.717, 1.165) is 16.5 Å². The molecule has 1 atom stereocenters. The SMILES string of the molecule is O=C(N[C@@H](c1ccccc1)c1cc2ccccc2o1)C1=COCCO1. The molecular weight excluding hydrogens is 318 g/mol. The monoisotopic (exact) mass is 335 g/mol. The van der Waals surface area contributed by atoms with Gasteiger partial charge in [-0.05, 0) is 17.7 Å². The van der Waals surface area contributed by atoms with Gasteiger partial charge in [0.15, 0.2) is 0 Å². The molecule has 0 unspecified atom stereocenters. The Morgan fingerprint density at radius 1 is 1.00 bits per heavy atom. The van der Waals surface area contributed by atoms with Gasteiger partial charge >= 0.3 is 0 Å². The number of para-hydroxylation sites is 1. The van der Waals surface area contributed by atoms with Crippen LogP contribution >= 0.6 is 0 Å². The van der Waals surface area contributed by atoms with Crippen LogP contribution in [-0.2, 0) is 14.3 Å². The topological polar surface area (TPSA) is 60.7 Å². The molecule has 4 rings (SSSR count). The Morgan fingerprint density at radius 2 is 1.80 bits per heavy atom. The van der Waals surface area contributed by atoms with Crippen LogP contribution in [-0.4, -0.2) is 19.1 Å². The lowest BCUT2D eigenvalue weighted by Gasteiger charge is -2.20. The molecule has 3 aromatic rings. The number of amides is 1. The number of fused-ring (bicyclic) bond motifs is 1. The van der Waals surface area contributed by atoms with Crippen molar-refractivity contribution in [2.45, 2.75) is 6.04 Å². The van der Waals surface area contributed by atoms with Crippen LogP contribution in [0.5, 0.6) is 0 Å². The summed E-state index contributed by atoms with van der Waals surface area (Å²) >= 11 is 0. The van der Waals surface area contributed by atoms with E-state index in [0.29, 0.717) is 19.0 Å². The Morgan fingerprint density at radius 3 is 2.56 bits per heavy atom. The van der Waals surface area contributed by atoms with Gasteiger partial charge in [0.05, 0.1) is 0 Å². The Bertz CT molecular complexity index is 881. The molecule has 0 bridgehead atoms. The first-order chi connectivity index (χ1) is 12.3. The minimum absolute atomic E-state index is 0.170. The zero-order valence-electron chi connectivity index (χ0n) is 13.5. The second-order valence-corrected chi connectivity index (χ2v) is 5.71. The Hall–Kier alpha value is -3.21. The van der Waals surface area contributed by atoms with Gasteiger partial charge in [0.1, 0.15) is 36.9 Å². The van der Waals surface area contributed by atoms with E-state index >= 15 is 0 Å². The highest BCUT2D eigenvalue weighted by Gasteiger charge is 2.24. The van der Waals surface area contributed by atoms with Gasteiger partial charge in [-0.25, -0.2) is 0 Å². The maximum atomic E-state index is 12.5. The van der Waals surface area contributed by atoms with Crippen molar-refractivity contribution in [1.29, 1.82) is 0 Å². The average molecular weight is 335 g/mol. The summed E-state index contributed by atoms with van der Waals surface area (Å²) in [6, 6.07) is 19.0. The summed E-state index contributed by atoms with van der Waals surface area (Å²) < 4.78 is 16.5. The molecule has 2 aromatic carbocycles. The fourth-order valence-corrected chi connectivity index (χ4v) is 2.80. The number of furan rings is 1. The number of hydrogen-bond donors (Lipinski definition) is 1. The second-order valence-electron chi connectivity index (χ2n) is 5.71. The molecule has 126 valence electrons. The van der Waals surface area contributed by atoms with E-state index in [1.54, 1.807) is 0 Å². The summed E-state index contributed by atoms with van der Waals surface area (Å²) in [6.07, 6.45) is 1.35. The van der Waals surface area contributed by atoms with Crippen LogP contribution in [0.1, 0.15) is 17.4 Å². The van der Waals surface area contributed by atoms with E-state index < -0.39 is 6.04 Å². The number of hydrogen-bond acceptors (Lipinski definition) is 4. The van der Waals surface area contributed by atoms with E-state index in [4.69, 9.17) is 13.9 Å². The van der Waals surface area contributed by atoms with Crippen LogP contribution < -0.4 is 5.32 Å². The molecule has 0 spiro atoms. The molecule has 0 saturated carbocycles. The molecule has 5 heteroatoms. The highest BCUT2D eigenvalue weighted by molar-refractivity contribution is 5.92. The molecule has 0 saturated heterocycles. The summed E-state index contributed by atoms with van der Waals surface area (Å²) in [4.78, 5) is 12.5. The van der Waals surface area contributed by atoms with Crippen molar-refractivity contribution in [2.24, 2.45) is 0 Å². The van der Waals surface area contributed by atoms with Crippen LogP contribution in [0.25, 0.3) is 11.0 Å². The fourth-order valence-electron chi connectivity index (χ4n) is 2.80. The summed E-state index contributed by atoms with van der Waals surface area (Å²) in [5.74, 6) is 0.496. The van der Waals surface area contributed by atoms with Crippen LogP contribution in [0.2, 0.25) is 0 Å². The van der Waals surface area contributed by atoms with Crippen LogP contribution in [0, 0.1) is 0 Å². The van der Waals surface area contributed by atoms with E-state index in [2.05, 4.69) is 5.32 Å². The van der Waals surface area contributed by atoms with Gasteiger partial charge in [-0.3, -0.25) is 4.79 Å². The number of nitrogens with one attached hydrogen (secondary N) is 1. The molecule has 0 radical (unpaired) electrons. The average Bonchev–Trinajstić information content (AvgIpc) is 3.11. The van der Waals surface area contributed by atoms with E-state index in [-0.39, 0.29) is 11.7 Å². The number of ether oxygens (including phenoxy) is 2. The van der Waals surface area contributed by atoms with Gasteiger partial charge in [-0.15, -0.1) is 0 Å². The molecule has 1 aliphatic heterocycles. The highest BCUT2D eigenvalue weighted by Crippen LogP contribution is 2.28. The van der Waals surface area contributed by atoms with Crippen LogP contribution in [0.3, 0.4) is 0 Å². The maximum Gasteiger partial charge on any atom is 0.290 e. The summed E-state index contributed by atoms with van der Waals surface area (Å²) in [6.45, 7) is 0.808. The first-order valence-electron chi connectivity index (χ1n) is 8.10. The van der Waals surface area contributed by atoms with Crippen molar-refractivity contribution in [2.75, 3.05) is 13.2 Å². The lowest BCUT2D eigenvalue weighted by atomic mass is 10.0. The summed E-state index contributed by atoms with van der Waals surface area (Å²) in [7, 11) is 0. The zero-order valence-corrected chi connectivity index (χ0v) is 13.5. The minimum atomic E-state index is -0.424. The smallest absolute Gasteiger partial charge is 0.290 e. The van der Waals surface area contributed by atoms with Crippen LogP contribution in [0.15, 0.2) is 77.1 Å². The molecule has 1 aliphatic rings. The number of carbonyl (C=O) groups excluding carboxylic acids is 1. The third-order valence-corrected chi connectivity index (χ3v) is 4.01. The van der Waals surface area contributed by atoms with E-state index in [1.807, 2.05) is 60.7 Å². The summed E-state index contributed by atoms with van der Waals surface area (Å²) in [5, 5.41) is 3.96. The third-order valence-electron chi connectivity index (χ3n) is 4.01. The normalized spacial score (nSPS) is 15.0. The minimum Gasteiger partial charge on any atom is -0.494 e. The van der Waals surface area contributed by atoms with Crippen molar-refractivity contribution in [3.8, 4) is 0 Å². The molecular formula is C20H17NO4. The number of benzene rings is 2. The molecule has 1 aromatic heterocycles. The molecule has 1 N–H and O–H groups in total. The maximum absolute atomic E-state index is 12.5. The summed E-state index contributed by atoms with van der Waals surface area (Å²) in [5.41, 5.74) is 1.70. The fraction of sp³-hybridized carbons (Fsp3) is 0.150. The second kappa shape index (κ2) is 6.73. The first-order valence-corrected chi connectivity index (χ1v) is 8.10. The molecule has 0 fully saturated rings. The first kappa shape index (κ1) is 15.3. The quantitative estimate of drug-likeness (QED) is 0.792. The molecule has 0 aliphatic carbocycles. The lowest BCUT2D eigenvalue weighted by Crippen LogP contribution is -2.32. The van der Waals surface area contributed by atoms with Crippen molar-refractivity contribution in [3.63, 3.8) is 0 Å². The Kier molecular flexibility index (Phi) is 4.12. The highest BCUT2D eigenvalue weighted by atomic mass is 16.6. The van der Waals surface area contributed by atoms with Gasteiger partial charge < -0.3 is 19.2 Å². The largest absolute Gasteiger partial charge is 0.494 e. The predicted octanol–water partition coefficient (Wildman–Crippen LogP) is 3.53. The van der Waals surface area contributed by atoms with E-state index in [1.165, 1.54) is 6.26 Å². The van der Waals surface area contributed by atoms with Gasteiger partial charge in [-0.1, -0.05) is 48.5 Å². The lowest BCUT2D eigenvalue weighted by molar-refractivity contribution is -0.122. The van der Waals surface area contributed by atoms with Gasteiger partial charge in [0.25, 0.3) is 5.91 Å². The molecule has 2 heterocycles. The van der Waals surface area contributed by atoms with Gasteiger partial charge in [-0.2, -0.15) is 0 Å². The predicted molar refractivity (Wildman–Crippen MR) is 92.6 cm³/mol. The molecule has 25 heavy (non-hydrogen) atoms. The Labute approximate surface area is 144 Å². The number of carbonyl (C=O) groups is 1. The van der Waals surface area contributed by atoms with Crippen molar-refractivity contribution >= 4 is 16.9 Å². The van der Waals surface area contributed by atoms with E-state index in [9.17, 15) is 4.79 Å². The van der Waals surface area contributed by atoms with Crippen molar-refractivity contribution in [1.82, 2.24) is 5.32 Å². The zero-order chi connectivity index (χ0) is 17.1. The van der Waals surface area contributed by atoms with Crippen molar-refractivity contribution < 1.29 is 18.7 Å². The number of rotatable bonds is 4. The van der Waals surface area contributed by atoms with Gasteiger partial charge in [0.2, 0.25) is 5.76 Å². The third kappa shape index (κ3) is 3.21. The Balaban J connectivity index is 1.69.